The smallest absolute Gasteiger partial charge is 0.341 e. The van der Waals surface area contributed by atoms with Crippen LogP contribution in [0.15, 0.2) is 21.9 Å². The van der Waals surface area contributed by atoms with Gasteiger partial charge in [-0.3, -0.25) is 9.69 Å². The summed E-state index contributed by atoms with van der Waals surface area (Å²) in [4.78, 5) is 27.2. The molecular weight excluding hydrogens is 380 g/mol. The molecule has 1 aliphatic rings. The van der Waals surface area contributed by atoms with E-state index in [2.05, 4.69) is 10.2 Å². The van der Waals surface area contributed by atoms with Gasteiger partial charge >= 0.3 is 5.97 Å². The van der Waals surface area contributed by atoms with E-state index in [1.54, 1.807) is 12.3 Å². The molecule has 1 saturated heterocycles. The molecule has 0 radical (unpaired) electrons. The molecule has 0 bridgehead atoms. The molecular formula is C20H26N2O5S. The lowest BCUT2D eigenvalue weighted by atomic mass is 10.1. The first-order chi connectivity index (χ1) is 13.4. The molecule has 2 aromatic rings. The van der Waals surface area contributed by atoms with Gasteiger partial charge in [-0.05, 0) is 39.8 Å². The van der Waals surface area contributed by atoms with Gasteiger partial charge in [0.1, 0.15) is 22.1 Å². The van der Waals surface area contributed by atoms with Crippen LogP contribution in [0.2, 0.25) is 0 Å². The van der Waals surface area contributed by atoms with Gasteiger partial charge in [-0.15, -0.1) is 11.3 Å². The molecule has 3 heterocycles. The minimum Gasteiger partial charge on any atom is -0.462 e. The van der Waals surface area contributed by atoms with Gasteiger partial charge in [0, 0.05) is 24.0 Å². The SMILES string of the molecule is CCOC(=O)c1c(-c2ccc(C)o2)csc1NC(=O)CN1C[C@H](C)O[C@@H](C)C1. The summed E-state index contributed by atoms with van der Waals surface area (Å²) in [7, 11) is 0. The zero-order valence-corrected chi connectivity index (χ0v) is 17.4. The Bertz CT molecular complexity index is 834. The third kappa shape index (κ3) is 4.81. The molecule has 1 fully saturated rings. The van der Waals surface area contributed by atoms with Crippen molar-refractivity contribution in [3.05, 3.63) is 28.8 Å². The maximum Gasteiger partial charge on any atom is 0.341 e. The normalized spacial score (nSPS) is 20.1. The topological polar surface area (TPSA) is 81.0 Å². The Kier molecular flexibility index (Phi) is 6.53. The van der Waals surface area contributed by atoms with Crippen LogP contribution < -0.4 is 5.32 Å². The Labute approximate surface area is 168 Å². The lowest BCUT2D eigenvalue weighted by Crippen LogP contribution is -2.48. The highest BCUT2D eigenvalue weighted by molar-refractivity contribution is 7.15. The average Bonchev–Trinajstić information content (AvgIpc) is 3.20. The fourth-order valence-electron chi connectivity index (χ4n) is 3.40. The monoisotopic (exact) mass is 406 g/mol. The van der Waals surface area contributed by atoms with Crippen molar-refractivity contribution in [1.82, 2.24) is 4.90 Å². The number of nitrogens with one attached hydrogen (secondary N) is 1. The standard InChI is InChI=1S/C20H26N2O5S/c1-5-25-20(24)18-15(16-7-6-12(2)27-16)11-28-19(18)21-17(23)10-22-8-13(3)26-14(4)9-22/h6-7,11,13-14H,5,8-10H2,1-4H3,(H,21,23)/t13-,14-/m0/s1. The van der Waals surface area contributed by atoms with E-state index in [1.165, 1.54) is 11.3 Å². The number of hydrogen-bond acceptors (Lipinski definition) is 7. The van der Waals surface area contributed by atoms with Crippen LogP contribution in [0.5, 0.6) is 0 Å². The molecule has 1 N–H and O–H groups in total. The van der Waals surface area contributed by atoms with Gasteiger partial charge in [-0.25, -0.2) is 4.79 Å². The van der Waals surface area contributed by atoms with E-state index in [1.807, 2.05) is 32.9 Å². The number of amides is 1. The van der Waals surface area contributed by atoms with Crippen molar-refractivity contribution in [2.24, 2.45) is 0 Å². The molecule has 0 aliphatic carbocycles. The van der Waals surface area contributed by atoms with E-state index in [9.17, 15) is 9.59 Å². The molecule has 7 nitrogen and oxygen atoms in total. The highest BCUT2D eigenvalue weighted by Crippen LogP contribution is 2.37. The molecule has 1 amide bonds. The second-order valence-electron chi connectivity index (χ2n) is 6.98. The minimum absolute atomic E-state index is 0.0853. The van der Waals surface area contributed by atoms with Gasteiger partial charge in [0.15, 0.2) is 0 Å². The van der Waals surface area contributed by atoms with Crippen molar-refractivity contribution in [3.8, 4) is 11.3 Å². The number of morpholine rings is 1. The van der Waals surface area contributed by atoms with Crippen LogP contribution in [0.4, 0.5) is 5.00 Å². The van der Waals surface area contributed by atoms with Crippen LogP contribution in [0.1, 0.15) is 36.9 Å². The van der Waals surface area contributed by atoms with E-state index >= 15 is 0 Å². The number of furan rings is 1. The molecule has 0 spiro atoms. The van der Waals surface area contributed by atoms with E-state index in [4.69, 9.17) is 13.9 Å². The van der Waals surface area contributed by atoms with E-state index in [0.29, 0.717) is 35.0 Å². The molecule has 2 atom stereocenters. The van der Waals surface area contributed by atoms with Gasteiger partial charge in [-0.2, -0.15) is 0 Å². The lowest BCUT2D eigenvalue weighted by molar-refractivity contribution is -0.121. The number of carbonyl (C=O) groups excluding carboxylic acids is 2. The summed E-state index contributed by atoms with van der Waals surface area (Å²) in [6.07, 6.45) is 0.171. The van der Waals surface area contributed by atoms with Gasteiger partial charge < -0.3 is 19.2 Å². The van der Waals surface area contributed by atoms with Crippen molar-refractivity contribution in [1.29, 1.82) is 0 Å². The fourth-order valence-corrected chi connectivity index (χ4v) is 4.35. The summed E-state index contributed by atoms with van der Waals surface area (Å²) in [5, 5.41) is 5.16. The number of aryl methyl sites for hydroxylation is 1. The zero-order chi connectivity index (χ0) is 20.3. The van der Waals surface area contributed by atoms with Crippen molar-refractivity contribution >= 4 is 28.2 Å². The number of rotatable bonds is 6. The number of thiophene rings is 1. The lowest BCUT2D eigenvalue weighted by Gasteiger charge is -2.34. The van der Waals surface area contributed by atoms with Gasteiger partial charge in [-0.1, -0.05) is 0 Å². The first-order valence-electron chi connectivity index (χ1n) is 9.40. The molecule has 1 aliphatic heterocycles. The Balaban J connectivity index is 1.78. The third-order valence-electron chi connectivity index (χ3n) is 4.39. The summed E-state index contributed by atoms with van der Waals surface area (Å²) in [5.41, 5.74) is 0.957. The Hall–Kier alpha value is -2.16. The molecule has 8 heteroatoms. The molecule has 0 saturated carbocycles. The predicted molar refractivity (Wildman–Crippen MR) is 108 cm³/mol. The van der Waals surface area contributed by atoms with Crippen LogP contribution >= 0.6 is 11.3 Å². The average molecular weight is 407 g/mol. The predicted octanol–water partition coefficient (Wildman–Crippen LogP) is 3.54. The van der Waals surface area contributed by atoms with Crippen LogP contribution in [0.3, 0.4) is 0 Å². The Morgan fingerprint density at radius 3 is 2.61 bits per heavy atom. The molecule has 0 aromatic carbocycles. The number of carbonyl (C=O) groups is 2. The van der Waals surface area contributed by atoms with Crippen molar-refractivity contribution in [2.45, 2.75) is 39.9 Å². The number of hydrogen-bond donors (Lipinski definition) is 1. The number of nitrogens with zero attached hydrogens (tertiary/aromatic N) is 1. The molecule has 28 heavy (non-hydrogen) atoms. The highest BCUT2D eigenvalue weighted by atomic mass is 32.1. The van der Waals surface area contributed by atoms with Gasteiger partial charge in [0.25, 0.3) is 0 Å². The summed E-state index contributed by atoms with van der Waals surface area (Å²) < 4.78 is 16.6. The number of esters is 1. The van der Waals surface area contributed by atoms with Gasteiger partial charge in [0.05, 0.1) is 25.4 Å². The van der Waals surface area contributed by atoms with Crippen molar-refractivity contribution < 1.29 is 23.5 Å². The Morgan fingerprint density at radius 1 is 1.29 bits per heavy atom. The largest absolute Gasteiger partial charge is 0.462 e. The molecule has 0 unspecified atom stereocenters. The summed E-state index contributed by atoms with van der Waals surface area (Å²) in [6, 6.07) is 3.64. The first kappa shape index (κ1) is 20.6. The quantitative estimate of drug-likeness (QED) is 0.739. The van der Waals surface area contributed by atoms with Crippen LogP contribution in [0, 0.1) is 6.92 Å². The highest BCUT2D eigenvalue weighted by Gasteiger charge is 2.27. The number of ether oxygens (including phenoxy) is 2. The maximum absolute atomic E-state index is 12.6. The van der Waals surface area contributed by atoms with Crippen LogP contribution in [0.25, 0.3) is 11.3 Å². The fraction of sp³-hybridized carbons (Fsp3) is 0.500. The van der Waals surface area contributed by atoms with E-state index in [0.717, 1.165) is 5.76 Å². The number of anilines is 1. The molecule has 3 rings (SSSR count). The van der Waals surface area contributed by atoms with E-state index < -0.39 is 5.97 Å². The second-order valence-corrected chi connectivity index (χ2v) is 7.86. The molecule has 152 valence electrons. The molecule has 2 aromatic heterocycles. The van der Waals surface area contributed by atoms with Crippen molar-refractivity contribution in [2.75, 3.05) is 31.6 Å². The third-order valence-corrected chi connectivity index (χ3v) is 5.29. The van der Waals surface area contributed by atoms with E-state index in [-0.39, 0.29) is 31.3 Å². The van der Waals surface area contributed by atoms with Gasteiger partial charge in [0.2, 0.25) is 5.91 Å². The van der Waals surface area contributed by atoms with Crippen LogP contribution in [-0.2, 0) is 14.3 Å². The summed E-state index contributed by atoms with van der Waals surface area (Å²) in [6.45, 7) is 9.48. The first-order valence-corrected chi connectivity index (χ1v) is 10.3. The maximum atomic E-state index is 12.6. The second kappa shape index (κ2) is 8.89. The minimum atomic E-state index is -0.475. The zero-order valence-electron chi connectivity index (χ0n) is 16.6. The Morgan fingerprint density at radius 2 is 2.00 bits per heavy atom. The summed E-state index contributed by atoms with van der Waals surface area (Å²) >= 11 is 1.29. The summed E-state index contributed by atoms with van der Waals surface area (Å²) in [5.74, 6) is 0.679. The van der Waals surface area contributed by atoms with Crippen molar-refractivity contribution in [3.63, 3.8) is 0 Å². The van der Waals surface area contributed by atoms with Crippen LogP contribution in [-0.4, -0.2) is 55.2 Å².